The van der Waals surface area contributed by atoms with Crippen LogP contribution in [-0.4, -0.2) is 23.8 Å². The van der Waals surface area contributed by atoms with Gasteiger partial charge in [0.1, 0.15) is 0 Å². The highest BCUT2D eigenvalue weighted by Gasteiger charge is 2.03. The third kappa shape index (κ3) is 4.77. The van der Waals surface area contributed by atoms with Crippen molar-refractivity contribution in [2.24, 2.45) is 0 Å². The van der Waals surface area contributed by atoms with Crippen molar-refractivity contribution in [3.05, 3.63) is 0 Å². The lowest BCUT2D eigenvalue weighted by molar-refractivity contribution is 0.263. The summed E-state index contributed by atoms with van der Waals surface area (Å²) in [6, 6.07) is 1.02. The lowest BCUT2D eigenvalue weighted by Gasteiger charge is -2.17. The summed E-state index contributed by atoms with van der Waals surface area (Å²) >= 11 is 0. The van der Waals surface area contributed by atoms with E-state index in [4.69, 9.17) is 5.11 Å². The summed E-state index contributed by atoms with van der Waals surface area (Å²) in [5.74, 6) is 0. The fourth-order valence-electron chi connectivity index (χ4n) is 0.881. The molecule has 0 bridgehead atoms. The minimum absolute atomic E-state index is 0.282. The van der Waals surface area contributed by atoms with Gasteiger partial charge in [0.25, 0.3) is 0 Å². The van der Waals surface area contributed by atoms with E-state index < -0.39 is 0 Å². The lowest BCUT2D eigenvalue weighted by Crippen LogP contribution is -2.34. The summed E-state index contributed by atoms with van der Waals surface area (Å²) in [6.07, 6.45) is 2.00. The van der Waals surface area contributed by atoms with E-state index in [2.05, 4.69) is 26.1 Å². The van der Waals surface area contributed by atoms with Crippen molar-refractivity contribution in [3.63, 3.8) is 0 Å². The van der Waals surface area contributed by atoms with Crippen LogP contribution in [0.5, 0.6) is 0 Å². The van der Waals surface area contributed by atoms with Gasteiger partial charge in [-0.3, -0.25) is 0 Å². The molecule has 62 valence electrons. The molecule has 0 heterocycles. The van der Waals surface area contributed by atoms with Crippen LogP contribution in [0.1, 0.15) is 33.6 Å². The van der Waals surface area contributed by atoms with Crippen LogP contribution >= 0.6 is 0 Å². The summed E-state index contributed by atoms with van der Waals surface area (Å²) in [7, 11) is 0. The normalized spacial score (nSPS) is 16.8. The highest BCUT2D eigenvalue weighted by atomic mass is 16.3. The van der Waals surface area contributed by atoms with Crippen molar-refractivity contribution in [1.82, 2.24) is 5.32 Å². The van der Waals surface area contributed by atoms with Crippen LogP contribution in [0.4, 0.5) is 0 Å². The van der Waals surface area contributed by atoms with Gasteiger partial charge in [0.05, 0.1) is 0 Å². The molecule has 0 fully saturated rings. The second-order valence-corrected chi connectivity index (χ2v) is 2.89. The van der Waals surface area contributed by atoms with Gasteiger partial charge in [0, 0.05) is 18.7 Å². The molecule has 0 aliphatic carbocycles. The second kappa shape index (κ2) is 5.69. The third-order valence-electron chi connectivity index (χ3n) is 1.74. The van der Waals surface area contributed by atoms with Crippen molar-refractivity contribution in [2.45, 2.75) is 45.7 Å². The summed E-state index contributed by atoms with van der Waals surface area (Å²) < 4.78 is 0. The Morgan fingerprint density at radius 3 is 2.30 bits per heavy atom. The van der Waals surface area contributed by atoms with Crippen LogP contribution in [0.2, 0.25) is 0 Å². The first-order chi connectivity index (χ1) is 4.70. The summed E-state index contributed by atoms with van der Waals surface area (Å²) in [6.45, 7) is 6.70. The maximum absolute atomic E-state index is 8.58. The molecule has 0 amide bonds. The minimum atomic E-state index is 0.282. The number of hydrogen-bond donors (Lipinski definition) is 2. The molecule has 2 nitrogen and oxygen atoms in total. The maximum Gasteiger partial charge on any atom is 0.0445 e. The number of hydrogen-bond acceptors (Lipinski definition) is 2. The number of aliphatic hydroxyl groups excluding tert-OH is 1. The summed E-state index contributed by atoms with van der Waals surface area (Å²) in [5, 5.41) is 12.0. The molecule has 0 aliphatic rings. The Kier molecular flexibility index (Phi) is 5.64. The van der Waals surface area contributed by atoms with Gasteiger partial charge in [-0.2, -0.15) is 0 Å². The Balaban J connectivity index is 3.27. The van der Waals surface area contributed by atoms with E-state index in [9.17, 15) is 0 Å². The molecular weight excluding hydrogens is 126 g/mol. The van der Waals surface area contributed by atoms with Gasteiger partial charge < -0.3 is 10.4 Å². The van der Waals surface area contributed by atoms with Gasteiger partial charge >= 0.3 is 0 Å². The molecule has 2 heteroatoms. The molecule has 0 aromatic heterocycles. The van der Waals surface area contributed by atoms with Crippen molar-refractivity contribution in [2.75, 3.05) is 6.61 Å². The molecular formula is C8H19NO. The fraction of sp³-hybridized carbons (Fsp3) is 1.00. The van der Waals surface area contributed by atoms with Crippen LogP contribution in [-0.2, 0) is 0 Å². The first kappa shape index (κ1) is 9.92. The van der Waals surface area contributed by atoms with Gasteiger partial charge in [-0.1, -0.05) is 6.92 Å². The Hall–Kier alpha value is -0.0800. The second-order valence-electron chi connectivity index (χ2n) is 2.89. The van der Waals surface area contributed by atoms with Gasteiger partial charge in [-0.25, -0.2) is 0 Å². The molecule has 10 heavy (non-hydrogen) atoms. The topological polar surface area (TPSA) is 32.3 Å². The molecule has 0 aromatic rings. The molecule has 0 rings (SSSR count). The predicted molar refractivity (Wildman–Crippen MR) is 44.1 cm³/mol. The summed E-state index contributed by atoms with van der Waals surface area (Å²) in [4.78, 5) is 0. The van der Waals surface area contributed by atoms with E-state index in [0.29, 0.717) is 12.1 Å². The van der Waals surface area contributed by atoms with Gasteiger partial charge in [-0.15, -0.1) is 0 Å². The van der Waals surface area contributed by atoms with Crippen molar-refractivity contribution in [1.29, 1.82) is 0 Å². The van der Waals surface area contributed by atoms with E-state index in [0.717, 1.165) is 12.8 Å². The van der Waals surface area contributed by atoms with Gasteiger partial charge in [-0.05, 0) is 26.7 Å². The molecule has 0 saturated carbocycles. The van der Waals surface area contributed by atoms with E-state index in [1.54, 1.807) is 0 Å². The number of rotatable bonds is 5. The van der Waals surface area contributed by atoms with Crippen molar-refractivity contribution >= 4 is 0 Å². The maximum atomic E-state index is 8.58. The zero-order valence-corrected chi connectivity index (χ0v) is 7.22. The van der Waals surface area contributed by atoms with Gasteiger partial charge in [0.15, 0.2) is 0 Å². The smallest absolute Gasteiger partial charge is 0.0445 e. The zero-order valence-electron chi connectivity index (χ0n) is 7.22. The molecule has 0 saturated heterocycles. The largest absolute Gasteiger partial charge is 0.396 e. The Bertz CT molecular complexity index is 75.7. The molecule has 2 N–H and O–H groups in total. The Morgan fingerprint density at radius 2 is 1.90 bits per heavy atom. The van der Waals surface area contributed by atoms with Crippen molar-refractivity contribution in [3.8, 4) is 0 Å². The number of nitrogens with one attached hydrogen (secondary N) is 1. The first-order valence-electron chi connectivity index (χ1n) is 4.07. The molecule has 2 atom stereocenters. The quantitative estimate of drug-likeness (QED) is 0.608. The monoisotopic (exact) mass is 145 g/mol. The van der Waals surface area contributed by atoms with Crippen LogP contribution < -0.4 is 5.32 Å². The van der Waals surface area contributed by atoms with Crippen LogP contribution in [0, 0.1) is 0 Å². The lowest BCUT2D eigenvalue weighted by atomic mass is 10.2. The Morgan fingerprint density at radius 1 is 1.30 bits per heavy atom. The number of aliphatic hydroxyl groups is 1. The van der Waals surface area contributed by atoms with Gasteiger partial charge in [0.2, 0.25) is 0 Å². The van der Waals surface area contributed by atoms with E-state index in [-0.39, 0.29) is 6.61 Å². The van der Waals surface area contributed by atoms with Crippen molar-refractivity contribution < 1.29 is 5.11 Å². The molecule has 0 spiro atoms. The molecule has 0 aliphatic heterocycles. The standard InChI is InChI=1S/C8H19NO/c1-4-7(2)9-8(3)5-6-10/h7-10H,4-6H2,1-3H3. The average Bonchev–Trinajstić information content (AvgIpc) is 1.88. The van der Waals surface area contributed by atoms with E-state index >= 15 is 0 Å². The molecule has 0 radical (unpaired) electrons. The predicted octanol–water partition coefficient (Wildman–Crippen LogP) is 1.15. The third-order valence-corrected chi connectivity index (χ3v) is 1.74. The highest BCUT2D eigenvalue weighted by Crippen LogP contribution is 1.94. The first-order valence-corrected chi connectivity index (χ1v) is 4.07. The summed E-state index contributed by atoms with van der Waals surface area (Å²) in [5.41, 5.74) is 0. The van der Waals surface area contributed by atoms with Crippen LogP contribution in [0.25, 0.3) is 0 Å². The van der Waals surface area contributed by atoms with Crippen LogP contribution in [0.15, 0.2) is 0 Å². The average molecular weight is 145 g/mol. The van der Waals surface area contributed by atoms with E-state index in [1.807, 2.05) is 0 Å². The Labute approximate surface area is 63.6 Å². The minimum Gasteiger partial charge on any atom is -0.396 e. The highest BCUT2D eigenvalue weighted by molar-refractivity contribution is 4.64. The SMILES string of the molecule is CCC(C)NC(C)CCO. The fourth-order valence-corrected chi connectivity index (χ4v) is 0.881. The van der Waals surface area contributed by atoms with Crippen LogP contribution in [0.3, 0.4) is 0 Å². The molecule has 2 unspecified atom stereocenters. The van der Waals surface area contributed by atoms with E-state index in [1.165, 1.54) is 0 Å². The zero-order chi connectivity index (χ0) is 7.98. The molecule has 0 aromatic carbocycles.